The van der Waals surface area contributed by atoms with Gasteiger partial charge in [-0.15, -0.1) is 0 Å². The Hall–Kier alpha value is -1.69. The van der Waals surface area contributed by atoms with E-state index in [-0.39, 0.29) is 5.56 Å². The van der Waals surface area contributed by atoms with Gasteiger partial charge in [-0.3, -0.25) is 9.67 Å². The number of hydrogen-bond donors (Lipinski definition) is 1. The molecular formula is C10H8BrN3O2. The summed E-state index contributed by atoms with van der Waals surface area (Å²) in [6.45, 7) is 0.519. The molecule has 82 valence electrons. The van der Waals surface area contributed by atoms with Crippen molar-refractivity contribution in [3.05, 3.63) is 46.5 Å². The molecule has 0 unspecified atom stereocenters. The first-order chi connectivity index (χ1) is 7.65. The van der Waals surface area contributed by atoms with Crippen LogP contribution in [-0.4, -0.2) is 25.8 Å². The number of hydrogen-bond acceptors (Lipinski definition) is 3. The Morgan fingerprint density at radius 1 is 1.44 bits per heavy atom. The number of halogens is 1. The van der Waals surface area contributed by atoms with Gasteiger partial charge in [0.2, 0.25) is 0 Å². The molecule has 6 heteroatoms. The van der Waals surface area contributed by atoms with Gasteiger partial charge in [0.1, 0.15) is 0 Å². The molecule has 0 aliphatic carbocycles. The first kappa shape index (κ1) is 10.8. The summed E-state index contributed by atoms with van der Waals surface area (Å²) in [6.07, 6.45) is 4.86. The lowest BCUT2D eigenvalue weighted by atomic mass is 10.2. The molecule has 0 aromatic carbocycles. The highest BCUT2D eigenvalue weighted by atomic mass is 79.9. The minimum atomic E-state index is -0.971. The summed E-state index contributed by atoms with van der Waals surface area (Å²) in [5.41, 5.74) is 0.950. The number of pyridine rings is 1. The highest BCUT2D eigenvalue weighted by Crippen LogP contribution is 2.08. The van der Waals surface area contributed by atoms with E-state index in [0.29, 0.717) is 6.54 Å². The van der Waals surface area contributed by atoms with Gasteiger partial charge in [-0.05, 0) is 28.1 Å². The molecule has 0 atom stereocenters. The van der Waals surface area contributed by atoms with Crippen LogP contribution in [0.4, 0.5) is 0 Å². The standard InChI is InChI=1S/C10H8BrN3O2/c11-8-4-13-14(5-8)6-9-2-1-7(3-12-9)10(15)16/h1-5H,6H2,(H,15,16). The van der Waals surface area contributed by atoms with Gasteiger partial charge in [0.15, 0.2) is 0 Å². The molecule has 0 saturated carbocycles. The number of carboxylic acids is 1. The normalized spacial score (nSPS) is 10.3. The lowest BCUT2D eigenvalue weighted by molar-refractivity contribution is 0.0696. The SMILES string of the molecule is O=C(O)c1ccc(Cn2cc(Br)cn2)nc1. The number of nitrogens with zero attached hydrogens (tertiary/aromatic N) is 3. The molecule has 2 aromatic heterocycles. The van der Waals surface area contributed by atoms with Crippen molar-refractivity contribution in [3.8, 4) is 0 Å². The second-order valence-corrected chi connectivity index (χ2v) is 4.12. The molecule has 0 aliphatic rings. The lowest BCUT2D eigenvalue weighted by Gasteiger charge is -2.01. The van der Waals surface area contributed by atoms with Crippen LogP contribution in [0.15, 0.2) is 35.2 Å². The molecule has 0 radical (unpaired) electrons. The maximum atomic E-state index is 10.6. The average Bonchev–Trinajstić information content (AvgIpc) is 2.65. The maximum absolute atomic E-state index is 10.6. The molecule has 2 rings (SSSR count). The zero-order valence-corrected chi connectivity index (χ0v) is 9.75. The summed E-state index contributed by atoms with van der Waals surface area (Å²) in [7, 11) is 0. The zero-order valence-electron chi connectivity index (χ0n) is 8.17. The quantitative estimate of drug-likeness (QED) is 0.931. The first-order valence-electron chi connectivity index (χ1n) is 4.51. The van der Waals surface area contributed by atoms with E-state index < -0.39 is 5.97 Å². The Morgan fingerprint density at radius 2 is 2.25 bits per heavy atom. The molecular weight excluding hydrogens is 274 g/mol. The van der Waals surface area contributed by atoms with Gasteiger partial charge in [-0.25, -0.2) is 4.79 Å². The van der Waals surface area contributed by atoms with E-state index in [4.69, 9.17) is 5.11 Å². The van der Waals surface area contributed by atoms with Crippen LogP contribution in [0, 0.1) is 0 Å². The van der Waals surface area contributed by atoms with Crippen LogP contribution in [-0.2, 0) is 6.54 Å². The molecule has 0 aliphatic heterocycles. The fourth-order valence-corrected chi connectivity index (χ4v) is 1.56. The topological polar surface area (TPSA) is 68.0 Å². The molecule has 2 heterocycles. The largest absolute Gasteiger partial charge is 0.478 e. The van der Waals surface area contributed by atoms with Crippen LogP contribution < -0.4 is 0 Å². The lowest BCUT2D eigenvalue weighted by Crippen LogP contribution is -2.04. The summed E-state index contributed by atoms with van der Waals surface area (Å²) < 4.78 is 2.61. The van der Waals surface area contributed by atoms with E-state index >= 15 is 0 Å². The van der Waals surface area contributed by atoms with E-state index in [1.54, 1.807) is 16.9 Å². The van der Waals surface area contributed by atoms with Crippen molar-refractivity contribution < 1.29 is 9.90 Å². The Labute approximate surface area is 99.9 Å². The predicted octanol–water partition coefficient (Wildman–Crippen LogP) is 1.79. The van der Waals surface area contributed by atoms with Crippen molar-refractivity contribution in [3.63, 3.8) is 0 Å². The Kier molecular flexibility index (Phi) is 3.00. The van der Waals surface area contributed by atoms with Crippen molar-refractivity contribution in [2.45, 2.75) is 6.54 Å². The number of carboxylic acid groups (broad SMARTS) is 1. The zero-order chi connectivity index (χ0) is 11.5. The molecule has 0 fully saturated rings. The van der Waals surface area contributed by atoms with Gasteiger partial charge in [0, 0.05) is 12.4 Å². The van der Waals surface area contributed by atoms with Crippen molar-refractivity contribution in [2.75, 3.05) is 0 Å². The van der Waals surface area contributed by atoms with Gasteiger partial charge in [0.05, 0.1) is 28.5 Å². The van der Waals surface area contributed by atoms with Gasteiger partial charge < -0.3 is 5.11 Å². The van der Waals surface area contributed by atoms with E-state index in [0.717, 1.165) is 10.2 Å². The Bertz CT molecular complexity index is 507. The molecule has 0 saturated heterocycles. The van der Waals surface area contributed by atoms with Crippen LogP contribution in [0.3, 0.4) is 0 Å². The van der Waals surface area contributed by atoms with Gasteiger partial charge in [-0.1, -0.05) is 0 Å². The third-order valence-corrected chi connectivity index (χ3v) is 2.41. The fraction of sp³-hybridized carbons (Fsp3) is 0.100. The minimum Gasteiger partial charge on any atom is -0.478 e. The van der Waals surface area contributed by atoms with Crippen molar-refractivity contribution in [1.82, 2.24) is 14.8 Å². The summed E-state index contributed by atoms with van der Waals surface area (Å²) in [5.74, 6) is -0.971. The molecule has 0 spiro atoms. The highest BCUT2D eigenvalue weighted by Gasteiger charge is 2.03. The average molecular weight is 282 g/mol. The van der Waals surface area contributed by atoms with E-state index in [9.17, 15) is 4.79 Å². The summed E-state index contributed by atoms with van der Waals surface area (Å²) in [6, 6.07) is 3.21. The summed E-state index contributed by atoms with van der Waals surface area (Å²) in [4.78, 5) is 14.7. The van der Waals surface area contributed by atoms with Crippen LogP contribution in [0.25, 0.3) is 0 Å². The molecule has 1 N–H and O–H groups in total. The summed E-state index contributed by atoms with van der Waals surface area (Å²) in [5, 5.41) is 12.8. The van der Waals surface area contributed by atoms with Crippen LogP contribution in [0.1, 0.15) is 16.1 Å². The predicted molar refractivity (Wildman–Crippen MR) is 60.2 cm³/mol. The smallest absolute Gasteiger partial charge is 0.337 e. The fourth-order valence-electron chi connectivity index (χ4n) is 1.24. The minimum absolute atomic E-state index is 0.186. The number of rotatable bonds is 3. The van der Waals surface area contributed by atoms with Crippen LogP contribution in [0.5, 0.6) is 0 Å². The van der Waals surface area contributed by atoms with Gasteiger partial charge in [0.25, 0.3) is 0 Å². The molecule has 16 heavy (non-hydrogen) atoms. The van der Waals surface area contributed by atoms with Crippen molar-refractivity contribution in [2.24, 2.45) is 0 Å². The Balaban J connectivity index is 2.14. The van der Waals surface area contributed by atoms with Gasteiger partial charge >= 0.3 is 5.97 Å². The van der Waals surface area contributed by atoms with Gasteiger partial charge in [-0.2, -0.15) is 5.10 Å². The second-order valence-electron chi connectivity index (χ2n) is 3.20. The molecule has 0 amide bonds. The molecule has 0 bridgehead atoms. The number of aromatic carboxylic acids is 1. The second kappa shape index (κ2) is 4.44. The number of carbonyl (C=O) groups is 1. The molecule has 5 nitrogen and oxygen atoms in total. The van der Waals surface area contributed by atoms with Crippen molar-refractivity contribution in [1.29, 1.82) is 0 Å². The van der Waals surface area contributed by atoms with E-state index in [1.165, 1.54) is 12.3 Å². The van der Waals surface area contributed by atoms with E-state index in [2.05, 4.69) is 26.0 Å². The van der Waals surface area contributed by atoms with Crippen LogP contribution in [0.2, 0.25) is 0 Å². The van der Waals surface area contributed by atoms with Crippen LogP contribution >= 0.6 is 15.9 Å². The van der Waals surface area contributed by atoms with E-state index in [1.807, 2.05) is 6.20 Å². The monoisotopic (exact) mass is 281 g/mol. The highest BCUT2D eigenvalue weighted by molar-refractivity contribution is 9.10. The maximum Gasteiger partial charge on any atom is 0.337 e. The first-order valence-corrected chi connectivity index (χ1v) is 5.30. The molecule has 2 aromatic rings. The summed E-state index contributed by atoms with van der Waals surface area (Å²) >= 11 is 3.29. The number of aromatic nitrogens is 3. The third-order valence-electron chi connectivity index (χ3n) is 2.00. The third kappa shape index (κ3) is 2.46. The van der Waals surface area contributed by atoms with Crippen molar-refractivity contribution >= 4 is 21.9 Å². The Morgan fingerprint density at radius 3 is 2.75 bits per heavy atom.